The molecule has 0 aromatic carbocycles. The molecule has 0 saturated heterocycles. The topological polar surface area (TPSA) is 60.7 Å². The third-order valence-electron chi connectivity index (χ3n) is 1.53. The third kappa shape index (κ3) is 1.78. The fraction of sp³-hybridized carbons (Fsp3) is 0.143. The second kappa shape index (κ2) is 3.44. The minimum absolute atomic E-state index is 0.115. The smallest absolute Gasteiger partial charge is 0.269 e. The molecule has 0 radical (unpaired) electrons. The van der Waals surface area contributed by atoms with Crippen LogP contribution in [0.1, 0.15) is 4.88 Å². The summed E-state index contributed by atoms with van der Waals surface area (Å²) in [6.45, 7) is 0.513. The predicted molar refractivity (Wildman–Crippen MR) is 47.5 cm³/mol. The van der Waals surface area contributed by atoms with Crippen LogP contribution in [0.15, 0.2) is 29.6 Å². The number of rotatable bonds is 2. The first-order valence-electron chi connectivity index (χ1n) is 3.63. The Bertz CT molecular complexity index is 436. The molecule has 2 aromatic heterocycles. The van der Waals surface area contributed by atoms with Crippen LogP contribution in [0.3, 0.4) is 0 Å². The normalized spacial score (nSPS) is 10.2. The van der Waals surface area contributed by atoms with E-state index in [0.29, 0.717) is 6.54 Å². The van der Waals surface area contributed by atoms with Crippen LogP contribution in [0.25, 0.3) is 0 Å². The summed E-state index contributed by atoms with van der Waals surface area (Å²) in [5.74, 6) is 0. The van der Waals surface area contributed by atoms with E-state index >= 15 is 0 Å². The van der Waals surface area contributed by atoms with Crippen LogP contribution in [-0.4, -0.2) is 19.1 Å². The van der Waals surface area contributed by atoms with Gasteiger partial charge in [0.1, 0.15) is 0 Å². The maximum Gasteiger partial charge on any atom is 0.269 e. The number of aromatic nitrogens is 4. The molecule has 0 aliphatic carbocycles. The number of hydrogen-bond donors (Lipinski definition) is 0. The Morgan fingerprint density at radius 3 is 3.08 bits per heavy atom. The minimum atomic E-state index is -0.115. The third-order valence-corrected chi connectivity index (χ3v) is 2.18. The van der Waals surface area contributed by atoms with Crippen molar-refractivity contribution in [2.45, 2.75) is 6.54 Å². The highest BCUT2D eigenvalue weighted by molar-refractivity contribution is 7.05. The van der Waals surface area contributed by atoms with Gasteiger partial charge in [-0.2, -0.15) is 0 Å². The summed E-state index contributed by atoms with van der Waals surface area (Å²) in [6, 6.07) is 0. The predicted octanol–water partition coefficient (Wildman–Crippen LogP) is 0.143. The first kappa shape index (κ1) is 8.06. The van der Waals surface area contributed by atoms with E-state index in [4.69, 9.17) is 0 Å². The van der Waals surface area contributed by atoms with Crippen molar-refractivity contribution in [3.8, 4) is 0 Å². The van der Waals surface area contributed by atoms with E-state index in [2.05, 4.69) is 14.6 Å². The largest absolute Gasteiger partial charge is 0.307 e. The van der Waals surface area contributed by atoms with Crippen molar-refractivity contribution in [1.29, 1.82) is 0 Å². The SMILES string of the molecule is O=c1cnccn1Cc1cnns1. The van der Waals surface area contributed by atoms with Gasteiger partial charge in [-0.3, -0.25) is 9.78 Å². The Kier molecular flexibility index (Phi) is 2.13. The quantitative estimate of drug-likeness (QED) is 0.682. The first-order valence-corrected chi connectivity index (χ1v) is 4.40. The van der Waals surface area contributed by atoms with Gasteiger partial charge in [0.05, 0.1) is 23.8 Å². The zero-order valence-corrected chi connectivity index (χ0v) is 7.44. The highest BCUT2D eigenvalue weighted by Gasteiger charge is 1.98. The molecule has 0 amide bonds. The van der Waals surface area contributed by atoms with Gasteiger partial charge in [-0.15, -0.1) is 5.10 Å². The molecule has 2 aromatic rings. The van der Waals surface area contributed by atoms with Crippen LogP contribution < -0.4 is 5.56 Å². The van der Waals surface area contributed by atoms with E-state index in [0.717, 1.165) is 4.88 Å². The lowest BCUT2D eigenvalue weighted by Gasteiger charge is -1.99. The molecule has 2 heterocycles. The van der Waals surface area contributed by atoms with Crippen molar-refractivity contribution in [3.05, 3.63) is 40.0 Å². The number of nitrogens with zero attached hydrogens (tertiary/aromatic N) is 4. The van der Waals surface area contributed by atoms with Crippen LogP contribution >= 0.6 is 11.5 Å². The van der Waals surface area contributed by atoms with Gasteiger partial charge in [-0.1, -0.05) is 4.49 Å². The van der Waals surface area contributed by atoms with E-state index in [1.807, 2.05) is 0 Å². The molecule has 0 fully saturated rings. The molecule has 6 heteroatoms. The second-order valence-electron chi connectivity index (χ2n) is 2.43. The zero-order chi connectivity index (χ0) is 9.10. The summed E-state index contributed by atoms with van der Waals surface area (Å²) in [5.41, 5.74) is -0.115. The van der Waals surface area contributed by atoms with Crippen LogP contribution in [0.4, 0.5) is 0 Å². The van der Waals surface area contributed by atoms with Gasteiger partial charge in [0.15, 0.2) is 0 Å². The zero-order valence-electron chi connectivity index (χ0n) is 6.62. The lowest BCUT2D eigenvalue weighted by Crippen LogP contribution is -2.18. The molecule has 5 nitrogen and oxygen atoms in total. The highest BCUT2D eigenvalue weighted by Crippen LogP contribution is 2.02. The maximum atomic E-state index is 11.2. The standard InChI is InChI=1S/C7H6N4OS/c12-7-4-8-1-2-11(7)5-6-3-9-10-13-6/h1-4H,5H2. The van der Waals surface area contributed by atoms with Crippen molar-refractivity contribution < 1.29 is 0 Å². The van der Waals surface area contributed by atoms with E-state index < -0.39 is 0 Å². The molecule has 13 heavy (non-hydrogen) atoms. The van der Waals surface area contributed by atoms with Crippen molar-refractivity contribution in [1.82, 2.24) is 19.1 Å². The van der Waals surface area contributed by atoms with Crippen LogP contribution in [0.2, 0.25) is 0 Å². The summed E-state index contributed by atoms with van der Waals surface area (Å²) < 4.78 is 5.27. The molecule has 0 spiro atoms. The molecule has 0 atom stereocenters. The van der Waals surface area contributed by atoms with E-state index in [-0.39, 0.29) is 5.56 Å². The average Bonchev–Trinajstić information content (AvgIpc) is 2.61. The summed E-state index contributed by atoms with van der Waals surface area (Å²) >= 11 is 1.29. The average molecular weight is 194 g/mol. The lowest BCUT2D eigenvalue weighted by molar-refractivity contribution is 0.756. The van der Waals surface area contributed by atoms with Crippen molar-refractivity contribution in [2.75, 3.05) is 0 Å². The molecule has 0 unspecified atom stereocenters. The monoisotopic (exact) mass is 194 g/mol. The molecular formula is C7H6N4OS. The summed E-state index contributed by atoms with van der Waals surface area (Å²) in [4.78, 5) is 15.9. The van der Waals surface area contributed by atoms with Gasteiger partial charge in [-0.25, -0.2) is 0 Å². The molecule has 2 rings (SSSR count). The van der Waals surface area contributed by atoms with Gasteiger partial charge in [0.2, 0.25) is 0 Å². The molecular weight excluding hydrogens is 188 g/mol. The Labute approximate surface area is 77.9 Å². The van der Waals surface area contributed by atoms with Gasteiger partial charge >= 0.3 is 0 Å². The molecule has 0 aliphatic heterocycles. The highest BCUT2D eigenvalue weighted by atomic mass is 32.1. The Balaban J connectivity index is 2.29. The first-order chi connectivity index (χ1) is 6.36. The molecule has 0 N–H and O–H groups in total. The van der Waals surface area contributed by atoms with Crippen LogP contribution in [0, 0.1) is 0 Å². The van der Waals surface area contributed by atoms with E-state index in [9.17, 15) is 4.79 Å². The van der Waals surface area contributed by atoms with Crippen LogP contribution in [0.5, 0.6) is 0 Å². The number of hydrogen-bond acceptors (Lipinski definition) is 5. The summed E-state index contributed by atoms with van der Waals surface area (Å²) in [5, 5.41) is 3.69. The van der Waals surface area contributed by atoms with Gasteiger partial charge in [0, 0.05) is 12.4 Å². The lowest BCUT2D eigenvalue weighted by atomic mass is 10.5. The summed E-state index contributed by atoms with van der Waals surface area (Å²) in [6.07, 6.45) is 6.16. The van der Waals surface area contributed by atoms with Crippen LogP contribution in [-0.2, 0) is 6.54 Å². The molecule has 0 aliphatic rings. The van der Waals surface area contributed by atoms with Gasteiger partial charge in [0.25, 0.3) is 5.56 Å². The van der Waals surface area contributed by atoms with E-state index in [1.54, 1.807) is 23.2 Å². The fourth-order valence-electron chi connectivity index (χ4n) is 0.929. The van der Waals surface area contributed by atoms with Crippen molar-refractivity contribution in [2.24, 2.45) is 0 Å². The van der Waals surface area contributed by atoms with Crippen molar-refractivity contribution >= 4 is 11.5 Å². The Morgan fingerprint density at radius 2 is 2.38 bits per heavy atom. The Hall–Kier alpha value is -1.56. The fourth-order valence-corrected chi connectivity index (χ4v) is 1.42. The van der Waals surface area contributed by atoms with Gasteiger partial charge in [-0.05, 0) is 11.5 Å². The van der Waals surface area contributed by atoms with Crippen molar-refractivity contribution in [3.63, 3.8) is 0 Å². The second-order valence-corrected chi connectivity index (χ2v) is 3.30. The van der Waals surface area contributed by atoms with E-state index in [1.165, 1.54) is 17.7 Å². The van der Waals surface area contributed by atoms with Gasteiger partial charge < -0.3 is 4.57 Å². The maximum absolute atomic E-state index is 11.2. The molecule has 0 saturated carbocycles. The minimum Gasteiger partial charge on any atom is -0.307 e. The Morgan fingerprint density at radius 1 is 1.46 bits per heavy atom. The summed E-state index contributed by atoms with van der Waals surface area (Å²) in [7, 11) is 0. The molecule has 66 valence electrons. The molecule has 0 bridgehead atoms.